The van der Waals surface area contributed by atoms with Crippen LogP contribution >= 0.6 is 11.8 Å². The molecule has 12 nitrogen and oxygen atoms in total. The average molecular weight is 584 g/mol. The second-order valence-corrected chi connectivity index (χ2v) is 11.0. The molecule has 1 heterocycles. The third kappa shape index (κ3) is 20.0. The summed E-state index contributed by atoms with van der Waals surface area (Å²) in [5.74, 6) is 4.38. The number of nitrogens with zero attached hydrogens (tertiary/aromatic N) is 3. The van der Waals surface area contributed by atoms with E-state index in [1.807, 2.05) is 26.2 Å². The van der Waals surface area contributed by atoms with Crippen LogP contribution in [0, 0.1) is 20.2 Å². The van der Waals surface area contributed by atoms with E-state index < -0.39 is 9.85 Å². The van der Waals surface area contributed by atoms with Gasteiger partial charge in [-0.25, -0.2) is 0 Å². The normalized spacial score (nSPS) is 12.0. The van der Waals surface area contributed by atoms with Crippen LogP contribution in [0.5, 0.6) is 0 Å². The van der Waals surface area contributed by atoms with Crippen molar-refractivity contribution in [2.75, 3.05) is 46.5 Å². The van der Waals surface area contributed by atoms with E-state index in [-0.39, 0.29) is 0 Å². The zero-order valence-electron chi connectivity index (χ0n) is 24.4. The molecule has 0 spiro atoms. The summed E-state index contributed by atoms with van der Waals surface area (Å²) >= 11 is 1.73. The number of nitro groups is 2. The molecule has 1 aromatic heterocycles. The number of furan rings is 1. The van der Waals surface area contributed by atoms with Gasteiger partial charge in [-0.3, -0.25) is 20.2 Å². The van der Waals surface area contributed by atoms with Crippen LogP contribution in [0.25, 0.3) is 0 Å². The Morgan fingerprint density at radius 2 is 1.27 bits per heavy atom. The van der Waals surface area contributed by atoms with E-state index in [0.29, 0.717) is 24.7 Å². The lowest BCUT2D eigenvalue weighted by atomic mass is 10.1. The lowest BCUT2D eigenvalue weighted by Gasteiger charge is -2.11. The topological polar surface area (TPSA) is 151 Å². The van der Waals surface area contributed by atoms with Gasteiger partial charge in [-0.1, -0.05) is 51.4 Å². The van der Waals surface area contributed by atoms with Crippen LogP contribution in [0.15, 0.2) is 40.6 Å². The third-order valence-electron chi connectivity index (χ3n) is 5.97. The maximum absolute atomic E-state index is 11.0. The first-order chi connectivity index (χ1) is 19.3. The Balaban J connectivity index is 2.01. The number of hydrogen-bond donors (Lipinski definition) is 4. The van der Waals surface area contributed by atoms with Crippen LogP contribution < -0.4 is 21.3 Å². The van der Waals surface area contributed by atoms with Gasteiger partial charge in [0.1, 0.15) is 11.5 Å². The SMILES string of the molecule is CNC(=C[N+](=O)[O-])NCCCCCCCCCCCCNC(=C[N+](=O)[O-])NCCSCc1ccc(CN(C)C)o1. The highest BCUT2D eigenvalue weighted by molar-refractivity contribution is 7.98. The Morgan fingerprint density at radius 3 is 1.80 bits per heavy atom. The fourth-order valence-electron chi connectivity index (χ4n) is 4.00. The lowest BCUT2D eigenvalue weighted by molar-refractivity contribution is -0.404. The van der Waals surface area contributed by atoms with Crippen molar-refractivity contribution in [3.8, 4) is 0 Å². The molecule has 4 N–H and O–H groups in total. The van der Waals surface area contributed by atoms with Crippen molar-refractivity contribution in [1.29, 1.82) is 0 Å². The van der Waals surface area contributed by atoms with E-state index in [4.69, 9.17) is 4.42 Å². The van der Waals surface area contributed by atoms with Crippen LogP contribution in [0.1, 0.15) is 75.7 Å². The summed E-state index contributed by atoms with van der Waals surface area (Å²) in [4.78, 5) is 22.6. The fourth-order valence-corrected chi connectivity index (χ4v) is 4.75. The average Bonchev–Trinajstić information content (AvgIpc) is 3.33. The van der Waals surface area contributed by atoms with Crippen molar-refractivity contribution in [1.82, 2.24) is 26.2 Å². The number of thioether (sulfide) groups is 1. The molecule has 0 unspecified atom stereocenters. The van der Waals surface area contributed by atoms with Crippen molar-refractivity contribution in [2.45, 2.75) is 76.5 Å². The molecule has 0 bridgehead atoms. The van der Waals surface area contributed by atoms with E-state index in [0.717, 1.165) is 74.2 Å². The van der Waals surface area contributed by atoms with E-state index in [9.17, 15) is 20.2 Å². The minimum absolute atomic E-state index is 0.429. The van der Waals surface area contributed by atoms with E-state index in [2.05, 4.69) is 26.2 Å². The molecule has 0 fully saturated rings. The molecular formula is C27H49N7O5S. The maximum Gasteiger partial charge on any atom is 0.274 e. The van der Waals surface area contributed by atoms with Crippen LogP contribution in [0.2, 0.25) is 0 Å². The Labute approximate surface area is 243 Å². The second-order valence-electron chi connectivity index (χ2n) is 9.88. The molecule has 0 amide bonds. The molecule has 13 heteroatoms. The largest absolute Gasteiger partial charge is 0.464 e. The van der Waals surface area contributed by atoms with Gasteiger partial charge in [0, 0.05) is 32.4 Å². The maximum atomic E-state index is 11.0. The number of unbranched alkanes of at least 4 members (excludes halogenated alkanes) is 9. The van der Waals surface area contributed by atoms with E-state index >= 15 is 0 Å². The Kier molecular flexibility index (Phi) is 20.0. The van der Waals surface area contributed by atoms with Gasteiger partial charge in [0.15, 0.2) is 11.6 Å². The van der Waals surface area contributed by atoms with Crippen LogP contribution in [-0.4, -0.2) is 61.3 Å². The Morgan fingerprint density at radius 1 is 0.800 bits per heavy atom. The number of nitrogens with one attached hydrogen (secondary N) is 4. The van der Waals surface area contributed by atoms with Crippen molar-refractivity contribution < 1.29 is 14.3 Å². The highest BCUT2D eigenvalue weighted by Gasteiger charge is 2.05. The van der Waals surface area contributed by atoms with Gasteiger partial charge in [0.25, 0.3) is 12.4 Å². The van der Waals surface area contributed by atoms with Gasteiger partial charge < -0.3 is 30.6 Å². The van der Waals surface area contributed by atoms with Gasteiger partial charge in [0.2, 0.25) is 0 Å². The summed E-state index contributed by atoms with van der Waals surface area (Å²) in [5, 5.41) is 33.6. The molecule has 0 aliphatic carbocycles. The molecular weight excluding hydrogens is 534 g/mol. The molecule has 0 aliphatic rings. The molecule has 1 aromatic rings. The smallest absolute Gasteiger partial charge is 0.274 e. The number of rotatable bonds is 26. The molecule has 0 atom stereocenters. The predicted octanol–water partition coefficient (Wildman–Crippen LogP) is 4.61. The first-order valence-corrected chi connectivity index (χ1v) is 15.4. The van der Waals surface area contributed by atoms with Crippen LogP contribution in [0.4, 0.5) is 0 Å². The summed E-state index contributed by atoms with van der Waals surface area (Å²) < 4.78 is 5.81. The first kappa shape index (κ1) is 35.1. The minimum atomic E-state index is -0.467. The molecule has 0 aliphatic heterocycles. The van der Waals surface area contributed by atoms with E-state index in [1.165, 1.54) is 38.5 Å². The van der Waals surface area contributed by atoms with Crippen molar-refractivity contribution >= 4 is 11.8 Å². The zero-order chi connectivity index (χ0) is 29.4. The molecule has 0 radical (unpaired) electrons. The van der Waals surface area contributed by atoms with Crippen LogP contribution in [0.3, 0.4) is 0 Å². The zero-order valence-corrected chi connectivity index (χ0v) is 25.2. The Hall–Kier alpha value is -2.93. The number of hydrogen-bond acceptors (Lipinski definition) is 11. The Bertz CT molecular complexity index is 892. The van der Waals surface area contributed by atoms with Crippen molar-refractivity contribution in [2.24, 2.45) is 0 Å². The monoisotopic (exact) mass is 583 g/mol. The summed E-state index contributed by atoms with van der Waals surface area (Å²) in [6.07, 6.45) is 13.4. The summed E-state index contributed by atoms with van der Waals surface area (Å²) in [5.41, 5.74) is 0. The predicted molar refractivity (Wildman–Crippen MR) is 162 cm³/mol. The fraction of sp³-hybridized carbons (Fsp3) is 0.704. The van der Waals surface area contributed by atoms with Crippen molar-refractivity contribution in [3.63, 3.8) is 0 Å². The summed E-state index contributed by atoms with van der Waals surface area (Å²) in [6, 6.07) is 4.01. The summed E-state index contributed by atoms with van der Waals surface area (Å²) in [6.45, 7) is 2.85. The third-order valence-corrected chi connectivity index (χ3v) is 6.95. The van der Waals surface area contributed by atoms with Crippen LogP contribution in [-0.2, 0) is 12.3 Å². The summed E-state index contributed by atoms with van der Waals surface area (Å²) in [7, 11) is 5.67. The molecule has 0 aromatic carbocycles. The second kappa shape index (κ2) is 22.8. The first-order valence-electron chi connectivity index (χ1n) is 14.2. The quantitative estimate of drug-likeness (QED) is 0.0687. The lowest BCUT2D eigenvalue weighted by Crippen LogP contribution is -2.29. The van der Waals surface area contributed by atoms with Gasteiger partial charge in [-0.05, 0) is 39.1 Å². The highest BCUT2D eigenvalue weighted by Crippen LogP contribution is 2.16. The van der Waals surface area contributed by atoms with Crippen molar-refractivity contribution in [3.05, 3.63) is 67.9 Å². The molecule has 1 rings (SSSR count). The molecule has 0 saturated carbocycles. The minimum Gasteiger partial charge on any atom is -0.464 e. The standard InChI is InChI=1S/C27H49N7O5S/c1-28-26(21-33(35)36)29-16-12-10-8-6-4-5-7-9-11-13-17-30-27(22-34(37)38)31-18-19-40-23-25-15-14-24(39-25)20-32(2)3/h14-15,21-22,28-31H,4-13,16-20,23H2,1-3H3. The molecule has 228 valence electrons. The molecule has 0 saturated heterocycles. The van der Waals surface area contributed by atoms with E-state index in [1.54, 1.807) is 18.8 Å². The highest BCUT2D eigenvalue weighted by atomic mass is 32.2. The van der Waals surface area contributed by atoms with Gasteiger partial charge >= 0.3 is 0 Å². The van der Waals surface area contributed by atoms with Gasteiger partial charge in [-0.15, -0.1) is 0 Å². The molecule has 40 heavy (non-hydrogen) atoms. The van der Waals surface area contributed by atoms with Gasteiger partial charge in [-0.2, -0.15) is 11.8 Å². The van der Waals surface area contributed by atoms with Gasteiger partial charge in [0.05, 0.1) is 22.1 Å².